The molecule has 0 aliphatic rings. The highest BCUT2D eigenvalue weighted by Gasteiger charge is 2.37. The van der Waals surface area contributed by atoms with Crippen LogP contribution in [0.15, 0.2) is 46.6 Å². The Kier molecular flexibility index (Phi) is 7.65. The van der Waals surface area contributed by atoms with Crippen molar-refractivity contribution in [3.63, 3.8) is 0 Å². The Hall–Kier alpha value is -4.37. The van der Waals surface area contributed by atoms with Gasteiger partial charge in [-0.15, -0.1) is 0 Å². The van der Waals surface area contributed by atoms with Gasteiger partial charge in [-0.05, 0) is 19.1 Å². The minimum atomic E-state index is -4.98. The van der Waals surface area contributed by atoms with E-state index in [0.29, 0.717) is 0 Å². The third-order valence-corrected chi connectivity index (χ3v) is 5.62. The molecule has 4 rings (SSSR count). The first-order valence-electron chi connectivity index (χ1n) is 11.2. The number of nitrogens with zero attached hydrogens (tertiary/aromatic N) is 5. The van der Waals surface area contributed by atoms with E-state index in [1.165, 1.54) is 6.92 Å². The van der Waals surface area contributed by atoms with Gasteiger partial charge in [-0.2, -0.15) is 18.3 Å². The zero-order valence-corrected chi connectivity index (χ0v) is 19.8. The van der Waals surface area contributed by atoms with Crippen molar-refractivity contribution in [3.8, 4) is 11.4 Å². The molecule has 0 aliphatic carbocycles. The van der Waals surface area contributed by atoms with Crippen LogP contribution in [0.1, 0.15) is 30.9 Å². The largest absolute Gasteiger partial charge is 0.423 e. The summed E-state index contributed by atoms with van der Waals surface area (Å²) in [6.45, 7) is 0.831. The number of rotatable bonds is 8. The molecule has 16 heteroatoms. The van der Waals surface area contributed by atoms with Gasteiger partial charge < -0.3 is 5.32 Å². The Balaban J connectivity index is 1.51. The Morgan fingerprint density at radius 1 is 1.05 bits per heavy atom. The molecule has 206 valence electrons. The number of hydrogen-bond donors (Lipinski definition) is 2. The SMILES string of the molecule is C[C@H](C[C@@H](F)Cn1cnc2cc(-c3ncc(C(F)F)cn3)c(F)cc2c1=O)Nc1cn[nH]c(=O)c1C(F)(F)F. The molecule has 39 heavy (non-hydrogen) atoms. The van der Waals surface area contributed by atoms with Gasteiger partial charge in [-0.25, -0.2) is 37.6 Å². The van der Waals surface area contributed by atoms with Gasteiger partial charge in [0.25, 0.3) is 17.5 Å². The fourth-order valence-corrected chi connectivity index (χ4v) is 3.86. The van der Waals surface area contributed by atoms with Gasteiger partial charge in [0.15, 0.2) is 5.82 Å². The van der Waals surface area contributed by atoms with E-state index < -0.39 is 65.1 Å². The topological polar surface area (TPSA) is 118 Å². The van der Waals surface area contributed by atoms with Crippen molar-refractivity contribution in [2.24, 2.45) is 0 Å². The van der Waals surface area contributed by atoms with Crippen molar-refractivity contribution < 1.29 is 30.7 Å². The summed E-state index contributed by atoms with van der Waals surface area (Å²) in [7, 11) is 0. The second kappa shape index (κ2) is 10.8. The molecule has 2 atom stereocenters. The van der Waals surface area contributed by atoms with Gasteiger partial charge in [0.2, 0.25) is 0 Å². The van der Waals surface area contributed by atoms with Crippen molar-refractivity contribution in [1.29, 1.82) is 0 Å². The number of fused-ring (bicyclic) bond motifs is 1. The standard InChI is InChI=1S/C23H18F7N7O2/c1-10(35-17-7-34-36-21(38)18(17)23(28,29)30)2-12(24)8-37-9-33-16-4-13(15(25)3-14(16)22(37)39)20-31-5-11(6-32-20)19(26)27/h3-7,9-10,12,19H,2,8H2,1H3,(H2,35,36,38)/t10-,12-/m1/s1. The van der Waals surface area contributed by atoms with Crippen LogP contribution < -0.4 is 16.4 Å². The summed E-state index contributed by atoms with van der Waals surface area (Å²) in [5.74, 6) is -1.15. The summed E-state index contributed by atoms with van der Waals surface area (Å²) in [6, 6.07) is 1.09. The number of hydrogen-bond acceptors (Lipinski definition) is 7. The number of halogens is 7. The Labute approximate surface area is 213 Å². The molecule has 4 aromatic rings. The summed E-state index contributed by atoms with van der Waals surface area (Å²) < 4.78 is 95.5. The number of aromatic amines is 1. The molecular formula is C23H18F7N7O2. The van der Waals surface area contributed by atoms with Crippen molar-refractivity contribution in [2.75, 3.05) is 5.32 Å². The summed E-state index contributed by atoms with van der Waals surface area (Å²) in [5.41, 5.74) is -5.02. The molecule has 0 radical (unpaired) electrons. The van der Waals surface area contributed by atoms with Crippen LogP contribution in [0, 0.1) is 5.82 Å². The third-order valence-electron chi connectivity index (χ3n) is 5.62. The fourth-order valence-electron chi connectivity index (χ4n) is 3.86. The number of aromatic nitrogens is 6. The van der Waals surface area contributed by atoms with E-state index in [9.17, 15) is 40.3 Å². The Morgan fingerprint density at radius 2 is 1.74 bits per heavy atom. The van der Waals surface area contributed by atoms with Crippen molar-refractivity contribution >= 4 is 16.6 Å². The average Bonchev–Trinajstić information content (AvgIpc) is 2.85. The minimum Gasteiger partial charge on any atom is -0.381 e. The van der Waals surface area contributed by atoms with Crippen LogP contribution in [0.5, 0.6) is 0 Å². The Morgan fingerprint density at radius 3 is 2.38 bits per heavy atom. The lowest BCUT2D eigenvalue weighted by Crippen LogP contribution is -2.30. The molecule has 0 saturated carbocycles. The maximum Gasteiger partial charge on any atom is 0.423 e. The first-order valence-corrected chi connectivity index (χ1v) is 11.2. The maximum atomic E-state index is 14.8. The molecule has 9 nitrogen and oxygen atoms in total. The molecule has 0 unspecified atom stereocenters. The molecule has 0 aliphatic heterocycles. The minimum absolute atomic E-state index is 0.0149. The number of benzene rings is 1. The van der Waals surface area contributed by atoms with Crippen LogP contribution in [0.3, 0.4) is 0 Å². The highest BCUT2D eigenvalue weighted by atomic mass is 19.4. The number of alkyl halides is 6. The fraction of sp³-hybridized carbons (Fsp3) is 0.304. The van der Waals surface area contributed by atoms with Crippen LogP contribution in [-0.4, -0.2) is 41.9 Å². The summed E-state index contributed by atoms with van der Waals surface area (Å²) >= 11 is 0. The van der Waals surface area contributed by atoms with Crippen molar-refractivity contribution in [3.05, 3.63) is 74.7 Å². The molecule has 2 N–H and O–H groups in total. The van der Waals surface area contributed by atoms with Gasteiger partial charge in [0.05, 0.1) is 46.8 Å². The van der Waals surface area contributed by atoms with E-state index in [4.69, 9.17) is 0 Å². The maximum absolute atomic E-state index is 14.8. The van der Waals surface area contributed by atoms with Crippen LogP contribution in [0.4, 0.5) is 36.4 Å². The van der Waals surface area contributed by atoms with E-state index in [1.807, 2.05) is 0 Å². The summed E-state index contributed by atoms with van der Waals surface area (Å²) in [6.07, 6.45) is -6.45. The quantitative estimate of drug-likeness (QED) is 0.311. The van der Waals surface area contributed by atoms with E-state index in [1.54, 1.807) is 5.10 Å². The smallest absolute Gasteiger partial charge is 0.381 e. The molecule has 0 spiro atoms. The number of anilines is 1. The zero-order chi connectivity index (χ0) is 28.5. The van der Waals surface area contributed by atoms with Crippen molar-refractivity contribution in [2.45, 2.75) is 44.7 Å². The lowest BCUT2D eigenvalue weighted by Gasteiger charge is -2.20. The van der Waals surface area contributed by atoms with E-state index in [0.717, 1.165) is 41.6 Å². The lowest BCUT2D eigenvalue weighted by atomic mass is 10.1. The first kappa shape index (κ1) is 27.7. The van der Waals surface area contributed by atoms with E-state index in [-0.39, 0.29) is 28.7 Å². The molecule has 3 aromatic heterocycles. The molecule has 1 aromatic carbocycles. The van der Waals surface area contributed by atoms with Gasteiger partial charge in [0.1, 0.15) is 17.6 Å². The van der Waals surface area contributed by atoms with Crippen LogP contribution in [0.2, 0.25) is 0 Å². The van der Waals surface area contributed by atoms with Crippen LogP contribution in [-0.2, 0) is 12.7 Å². The predicted molar refractivity (Wildman–Crippen MR) is 124 cm³/mol. The van der Waals surface area contributed by atoms with Gasteiger partial charge in [-0.1, -0.05) is 0 Å². The molecule has 0 bridgehead atoms. The summed E-state index contributed by atoms with van der Waals surface area (Å²) in [4.78, 5) is 35.9. The van der Waals surface area contributed by atoms with E-state index >= 15 is 0 Å². The zero-order valence-electron chi connectivity index (χ0n) is 19.8. The van der Waals surface area contributed by atoms with E-state index in [2.05, 4.69) is 25.4 Å². The molecular weight excluding hydrogens is 539 g/mol. The molecule has 3 heterocycles. The second-order valence-corrected chi connectivity index (χ2v) is 8.56. The monoisotopic (exact) mass is 557 g/mol. The number of H-pyrrole nitrogens is 1. The van der Waals surface area contributed by atoms with Gasteiger partial charge in [-0.3, -0.25) is 14.2 Å². The van der Waals surface area contributed by atoms with Gasteiger partial charge >= 0.3 is 6.18 Å². The summed E-state index contributed by atoms with van der Waals surface area (Å²) in [5, 5.41) is 7.22. The van der Waals surface area contributed by atoms with Crippen LogP contribution >= 0.6 is 0 Å². The first-order chi connectivity index (χ1) is 18.3. The highest BCUT2D eigenvalue weighted by Crippen LogP contribution is 2.32. The Bertz CT molecular complexity index is 1600. The molecule has 0 amide bonds. The molecule has 0 fully saturated rings. The molecule has 0 saturated heterocycles. The second-order valence-electron chi connectivity index (χ2n) is 8.56. The highest BCUT2D eigenvalue weighted by molar-refractivity contribution is 5.82. The average molecular weight is 557 g/mol. The normalized spacial score (nSPS) is 13.6. The van der Waals surface area contributed by atoms with Crippen LogP contribution in [0.25, 0.3) is 22.3 Å². The van der Waals surface area contributed by atoms with Crippen molar-refractivity contribution in [1.82, 2.24) is 29.7 Å². The third kappa shape index (κ3) is 6.04. The number of nitrogens with one attached hydrogen (secondary N) is 2. The van der Waals surface area contributed by atoms with Gasteiger partial charge in [0, 0.05) is 24.9 Å². The lowest BCUT2D eigenvalue weighted by molar-refractivity contribution is -0.138. The predicted octanol–water partition coefficient (Wildman–Crippen LogP) is 4.26.